The van der Waals surface area contributed by atoms with Crippen molar-refractivity contribution in [1.29, 1.82) is 0 Å². The molecule has 1 aliphatic carbocycles. The third-order valence-corrected chi connectivity index (χ3v) is 3.49. The Morgan fingerprint density at radius 3 is 2.62 bits per heavy atom. The molecule has 0 bridgehead atoms. The average Bonchev–Trinajstić information content (AvgIpc) is 2.21. The van der Waals surface area contributed by atoms with E-state index in [9.17, 15) is 0 Å². The van der Waals surface area contributed by atoms with Crippen molar-refractivity contribution in [2.24, 2.45) is 0 Å². The van der Waals surface area contributed by atoms with Crippen LogP contribution in [0.3, 0.4) is 0 Å². The highest BCUT2D eigenvalue weighted by atomic mass is 35.5. The molecule has 0 radical (unpaired) electrons. The Bertz CT molecular complexity index is 378. The van der Waals surface area contributed by atoms with Gasteiger partial charge in [0.05, 0.1) is 5.38 Å². The monoisotopic (exact) mass is 240 g/mol. The minimum Gasteiger partial charge on any atom is -0.487 e. The van der Waals surface area contributed by atoms with E-state index in [-0.39, 0.29) is 17.6 Å². The minimum atomic E-state index is 0.0161. The maximum Gasteiger partial charge on any atom is 0.128 e. The second-order valence-corrected chi connectivity index (χ2v) is 4.94. The van der Waals surface area contributed by atoms with Crippen LogP contribution >= 0.6 is 11.6 Å². The molecule has 3 unspecified atom stereocenters. The minimum absolute atomic E-state index is 0.0161. The lowest BCUT2D eigenvalue weighted by molar-refractivity contribution is -0.0586. The van der Waals surface area contributed by atoms with E-state index >= 15 is 0 Å². The molecule has 0 spiro atoms. The average molecular weight is 241 g/mol. The van der Waals surface area contributed by atoms with Gasteiger partial charge in [0.2, 0.25) is 0 Å². The van der Waals surface area contributed by atoms with E-state index in [0.29, 0.717) is 0 Å². The molecule has 2 rings (SSSR count). The van der Waals surface area contributed by atoms with Crippen LogP contribution in [0.5, 0.6) is 5.75 Å². The smallest absolute Gasteiger partial charge is 0.128 e. The van der Waals surface area contributed by atoms with Crippen molar-refractivity contribution in [3.63, 3.8) is 0 Å². The summed E-state index contributed by atoms with van der Waals surface area (Å²) in [4.78, 5) is 0. The van der Waals surface area contributed by atoms with Gasteiger partial charge in [-0.3, -0.25) is 0 Å². The zero-order chi connectivity index (χ0) is 11.7. The molecule has 1 fully saturated rings. The second kappa shape index (κ2) is 4.64. The molecule has 0 aliphatic heterocycles. The van der Waals surface area contributed by atoms with Gasteiger partial charge in [0, 0.05) is 13.5 Å². The summed E-state index contributed by atoms with van der Waals surface area (Å²) in [7, 11) is 1.68. The van der Waals surface area contributed by atoms with Crippen molar-refractivity contribution < 1.29 is 9.47 Å². The molecule has 3 heteroatoms. The van der Waals surface area contributed by atoms with Crippen molar-refractivity contribution in [2.75, 3.05) is 7.11 Å². The molecule has 0 aromatic heterocycles. The van der Waals surface area contributed by atoms with E-state index < -0.39 is 0 Å². The van der Waals surface area contributed by atoms with Crippen LogP contribution in [0.2, 0.25) is 0 Å². The predicted molar refractivity (Wildman–Crippen MR) is 65.4 cm³/mol. The second-order valence-electron chi connectivity index (χ2n) is 4.38. The van der Waals surface area contributed by atoms with Crippen molar-refractivity contribution in [2.45, 2.75) is 37.9 Å². The quantitative estimate of drug-likeness (QED) is 0.756. The summed E-state index contributed by atoms with van der Waals surface area (Å²) < 4.78 is 11.2. The molecule has 0 amide bonds. The number of methoxy groups -OCH3 is 1. The predicted octanol–water partition coefficient (Wildman–Crippen LogP) is 3.08. The molecule has 0 N–H and O–H groups in total. The van der Waals surface area contributed by atoms with Crippen LogP contribution in [0.4, 0.5) is 0 Å². The van der Waals surface area contributed by atoms with Crippen LogP contribution in [0, 0.1) is 13.8 Å². The SMILES string of the molecule is COC1C(Cl)CC1Oc1ccc(C)cc1C. The molecule has 3 atom stereocenters. The Morgan fingerprint density at radius 1 is 1.31 bits per heavy atom. The van der Waals surface area contributed by atoms with Crippen molar-refractivity contribution in [3.05, 3.63) is 29.3 Å². The summed E-state index contributed by atoms with van der Waals surface area (Å²) in [5.41, 5.74) is 2.41. The Hall–Kier alpha value is -0.730. The highest BCUT2D eigenvalue weighted by Gasteiger charge is 2.42. The number of halogens is 1. The van der Waals surface area contributed by atoms with Crippen LogP contribution in [0.15, 0.2) is 18.2 Å². The van der Waals surface area contributed by atoms with Gasteiger partial charge in [0.25, 0.3) is 0 Å². The van der Waals surface area contributed by atoms with Gasteiger partial charge < -0.3 is 9.47 Å². The largest absolute Gasteiger partial charge is 0.487 e. The molecule has 1 aliphatic rings. The third kappa shape index (κ3) is 2.18. The van der Waals surface area contributed by atoms with Crippen molar-refractivity contribution >= 4 is 11.6 Å². The number of hydrogen-bond donors (Lipinski definition) is 0. The fourth-order valence-electron chi connectivity index (χ4n) is 2.04. The Labute approximate surface area is 102 Å². The van der Waals surface area contributed by atoms with Crippen LogP contribution in [-0.2, 0) is 4.74 Å². The lowest BCUT2D eigenvalue weighted by Gasteiger charge is -2.40. The van der Waals surface area contributed by atoms with E-state index in [4.69, 9.17) is 21.1 Å². The lowest BCUT2D eigenvalue weighted by Crippen LogP contribution is -2.52. The number of aryl methyl sites for hydroxylation is 2. The molecule has 16 heavy (non-hydrogen) atoms. The Morgan fingerprint density at radius 2 is 2.06 bits per heavy atom. The van der Waals surface area contributed by atoms with E-state index in [1.807, 2.05) is 6.07 Å². The molecule has 1 aromatic carbocycles. The molecule has 0 heterocycles. The maximum atomic E-state index is 6.04. The Balaban J connectivity index is 2.04. The summed E-state index contributed by atoms with van der Waals surface area (Å²) in [5.74, 6) is 0.932. The lowest BCUT2D eigenvalue weighted by atomic mass is 9.91. The molecule has 88 valence electrons. The first-order valence-electron chi connectivity index (χ1n) is 5.52. The standard InChI is InChI=1S/C13H17ClO2/c1-8-4-5-11(9(2)6-8)16-12-7-10(14)13(12)15-3/h4-6,10,12-13H,7H2,1-3H3. The molecular weight excluding hydrogens is 224 g/mol. The molecule has 0 saturated heterocycles. The van der Waals surface area contributed by atoms with Gasteiger partial charge in [-0.05, 0) is 25.5 Å². The van der Waals surface area contributed by atoms with Gasteiger partial charge in [0.15, 0.2) is 0 Å². The van der Waals surface area contributed by atoms with Gasteiger partial charge in [-0.15, -0.1) is 11.6 Å². The first kappa shape index (κ1) is 11.7. The zero-order valence-electron chi connectivity index (χ0n) is 9.87. The van der Waals surface area contributed by atoms with E-state index in [2.05, 4.69) is 26.0 Å². The van der Waals surface area contributed by atoms with Crippen molar-refractivity contribution in [1.82, 2.24) is 0 Å². The number of alkyl halides is 1. The highest BCUT2D eigenvalue weighted by Crippen LogP contribution is 2.33. The van der Waals surface area contributed by atoms with Gasteiger partial charge in [-0.2, -0.15) is 0 Å². The molecular formula is C13H17ClO2. The van der Waals surface area contributed by atoms with Crippen LogP contribution in [0.1, 0.15) is 17.5 Å². The fourth-order valence-corrected chi connectivity index (χ4v) is 2.48. The number of ether oxygens (including phenoxy) is 2. The maximum absolute atomic E-state index is 6.04. The summed E-state index contributed by atoms with van der Waals surface area (Å²) >= 11 is 6.04. The van der Waals surface area contributed by atoms with Crippen LogP contribution in [0.25, 0.3) is 0 Å². The van der Waals surface area contributed by atoms with Gasteiger partial charge in [0.1, 0.15) is 18.0 Å². The normalized spacial score (nSPS) is 28.6. The van der Waals surface area contributed by atoms with Crippen LogP contribution < -0.4 is 4.74 Å². The summed E-state index contributed by atoms with van der Waals surface area (Å²) in [5, 5.41) is 0.0840. The summed E-state index contributed by atoms with van der Waals surface area (Å²) in [6, 6.07) is 6.19. The molecule has 1 saturated carbocycles. The molecule has 2 nitrogen and oxygen atoms in total. The number of hydrogen-bond acceptors (Lipinski definition) is 2. The first-order valence-corrected chi connectivity index (χ1v) is 5.96. The van der Waals surface area contributed by atoms with E-state index in [1.165, 1.54) is 5.56 Å². The highest BCUT2D eigenvalue weighted by molar-refractivity contribution is 6.21. The van der Waals surface area contributed by atoms with Gasteiger partial charge in [-0.1, -0.05) is 17.7 Å². The van der Waals surface area contributed by atoms with E-state index in [1.54, 1.807) is 7.11 Å². The van der Waals surface area contributed by atoms with Crippen molar-refractivity contribution in [3.8, 4) is 5.75 Å². The van der Waals surface area contributed by atoms with E-state index in [0.717, 1.165) is 17.7 Å². The zero-order valence-corrected chi connectivity index (χ0v) is 10.6. The van der Waals surface area contributed by atoms with Gasteiger partial charge >= 0.3 is 0 Å². The number of rotatable bonds is 3. The number of benzene rings is 1. The first-order chi connectivity index (χ1) is 7.61. The van der Waals surface area contributed by atoms with Crippen LogP contribution in [-0.4, -0.2) is 24.7 Å². The summed E-state index contributed by atoms with van der Waals surface area (Å²) in [6.07, 6.45) is 0.962. The third-order valence-electron chi connectivity index (χ3n) is 3.06. The summed E-state index contributed by atoms with van der Waals surface area (Å²) in [6.45, 7) is 4.13. The van der Waals surface area contributed by atoms with Gasteiger partial charge in [-0.25, -0.2) is 0 Å². The fraction of sp³-hybridized carbons (Fsp3) is 0.538. The topological polar surface area (TPSA) is 18.5 Å². The Kier molecular flexibility index (Phi) is 3.41. The molecule has 1 aromatic rings.